The summed E-state index contributed by atoms with van der Waals surface area (Å²) < 4.78 is 17.0. The molecule has 0 saturated carbocycles. The van der Waals surface area contributed by atoms with Crippen molar-refractivity contribution in [2.75, 3.05) is 14.2 Å². The highest BCUT2D eigenvalue weighted by molar-refractivity contribution is 7.11. The fourth-order valence-electron chi connectivity index (χ4n) is 3.80. The van der Waals surface area contributed by atoms with Gasteiger partial charge in [0.05, 0.1) is 38.1 Å². The third-order valence-electron chi connectivity index (χ3n) is 5.18. The van der Waals surface area contributed by atoms with E-state index in [1.807, 2.05) is 58.8 Å². The maximum Gasteiger partial charge on any atom is 0.278 e. The lowest BCUT2D eigenvalue weighted by molar-refractivity contribution is -0.137. The highest BCUT2D eigenvalue weighted by Gasteiger charge is 2.33. The molecule has 1 atom stereocenters. The minimum absolute atomic E-state index is 0.109. The van der Waals surface area contributed by atoms with E-state index in [0.29, 0.717) is 18.2 Å². The van der Waals surface area contributed by atoms with E-state index in [1.54, 1.807) is 14.2 Å². The lowest BCUT2D eigenvalue weighted by Crippen LogP contribution is -2.38. The summed E-state index contributed by atoms with van der Waals surface area (Å²) in [7, 11) is 3.28. The molecular formula is C23H24N2O4S. The first kappa shape index (κ1) is 20.2. The van der Waals surface area contributed by atoms with Crippen LogP contribution in [0.1, 0.15) is 36.6 Å². The molecule has 1 aliphatic rings. The first-order chi connectivity index (χ1) is 14.7. The lowest BCUT2D eigenvalue weighted by Gasteiger charge is -2.36. The quantitative estimate of drug-likeness (QED) is 0.521. The number of likely N-dealkylation sites (tertiary alicyclic amines) is 1. The number of rotatable bonds is 7. The Kier molecular flexibility index (Phi) is 6.18. The molecule has 0 spiro atoms. The zero-order chi connectivity index (χ0) is 20.9. The molecule has 0 aliphatic carbocycles. The Bertz CT molecular complexity index is 983. The Morgan fingerprint density at radius 3 is 2.50 bits per heavy atom. The Morgan fingerprint density at radius 1 is 1.07 bits per heavy atom. The van der Waals surface area contributed by atoms with Crippen molar-refractivity contribution in [2.45, 2.75) is 31.8 Å². The summed E-state index contributed by atoms with van der Waals surface area (Å²) >= 11 is 1.43. The van der Waals surface area contributed by atoms with Crippen molar-refractivity contribution in [3.63, 3.8) is 0 Å². The minimum Gasteiger partial charge on any atom is -0.496 e. The van der Waals surface area contributed by atoms with Crippen molar-refractivity contribution in [3.8, 4) is 22.4 Å². The summed E-state index contributed by atoms with van der Waals surface area (Å²) in [6.45, 7) is 0.416. The zero-order valence-electron chi connectivity index (χ0n) is 17.0. The predicted octanol–water partition coefficient (Wildman–Crippen LogP) is 5.21. The number of carbonyl (C=O) groups excluding carboxylic acids is 1. The second-order valence-corrected chi connectivity index (χ2v) is 7.85. The van der Waals surface area contributed by atoms with Gasteiger partial charge in [-0.05, 0) is 37.1 Å². The molecule has 1 unspecified atom stereocenters. The summed E-state index contributed by atoms with van der Waals surface area (Å²) in [5, 5.41) is 2.50. The topological polar surface area (TPSA) is 60.9 Å². The SMILES string of the molecule is COc1cccc(OC)c1C1CCCC(=O)N1Cc1csc(Oc2ccccc2)n1. The number of nitrogens with zero attached hydrogens (tertiary/aromatic N) is 2. The third-order valence-corrected chi connectivity index (χ3v) is 5.94. The molecule has 0 bridgehead atoms. The molecule has 1 aromatic heterocycles. The van der Waals surface area contributed by atoms with E-state index in [0.717, 1.165) is 41.3 Å². The largest absolute Gasteiger partial charge is 0.496 e. The molecule has 1 fully saturated rings. The summed E-state index contributed by atoms with van der Waals surface area (Å²) in [5.74, 6) is 2.30. The highest BCUT2D eigenvalue weighted by atomic mass is 32.1. The van der Waals surface area contributed by atoms with Crippen LogP contribution in [-0.2, 0) is 11.3 Å². The number of ether oxygens (including phenoxy) is 3. The van der Waals surface area contributed by atoms with Gasteiger partial charge in [0.15, 0.2) is 0 Å². The first-order valence-corrected chi connectivity index (χ1v) is 10.7. The number of carbonyl (C=O) groups is 1. The fraction of sp³-hybridized carbons (Fsp3) is 0.304. The summed E-state index contributed by atoms with van der Waals surface area (Å²) in [4.78, 5) is 19.3. The van der Waals surface area contributed by atoms with Gasteiger partial charge in [0, 0.05) is 11.8 Å². The number of methoxy groups -OCH3 is 2. The van der Waals surface area contributed by atoms with Crippen LogP contribution in [0, 0.1) is 0 Å². The van der Waals surface area contributed by atoms with Crippen molar-refractivity contribution < 1.29 is 19.0 Å². The van der Waals surface area contributed by atoms with Gasteiger partial charge in [0.2, 0.25) is 5.91 Å². The molecule has 3 aromatic rings. The van der Waals surface area contributed by atoms with E-state index in [1.165, 1.54) is 11.3 Å². The van der Waals surface area contributed by atoms with Crippen molar-refractivity contribution in [2.24, 2.45) is 0 Å². The van der Waals surface area contributed by atoms with Crippen LogP contribution >= 0.6 is 11.3 Å². The predicted molar refractivity (Wildman–Crippen MR) is 115 cm³/mol. The second kappa shape index (κ2) is 9.17. The molecular weight excluding hydrogens is 400 g/mol. The number of aromatic nitrogens is 1. The number of para-hydroxylation sites is 1. The van der Waals surface area contributed by atoms with Gasteiger partial charge >= 0.3 is 0 Å². The van der Waals surface area contributed by atoms with Gasteiger partial charge in [-0.15, -0.1) is 0 Å². The molecule has 1 aliphatic heterocycles. The maximum atomic E-state index is 12.9. The maximum absolute atomic E-state index is 12.9. The molecule has 2 heterocycles. The standard InChI is InChI=1S/C23H24N2O4S/c1-27-19-11-7-12-20(28-2)22(19)18-10-6-13-21(26)25(18)14-16-15-30-23(24-16)29-17-8-4-3-5-9-17/h3-5,7-9,11-12,15,18H,6,10,13-14H2,1-2H3. The molecule has 7 heteroatoms. The molecule has 1 saturated heterocycles. The van der Waals surface area contributed by atoms with Crippen LogP contribution in [0.3, 0.4) is 0 Å². The Morgan fingerprint density at radius 2 is 1.80 bits per heavy atom. The van der Waals surface area contributed by atoms with Gasteiger partial charge < -0.3 is 19.1 Å². The van der Waals surface area contributed by atoms with Gasteiger partial charge in [-0.2, -0.15) is 0 Å². The van der Waals surface area contributed by atoms with Crippen LogP contribution in [0.15, 0.2) is 53.9 Å². The van der Waals surface area contributed by atoms with Gasteiger partial charge in [-0.3, -0.25) is 4.79 Å². The zero-order valence-corrected chi connectivity index (χ0v) is 17.9. The Balaban J connectivity index is 1.59. The van der Waals surface area contributed by atoms with Crippen LogP contribution < -0.4 is 14.2 Å². The number of hydrogen-bond donors (Lipinski definition) is 0. The number of amides is 1. The molecule has 156 valence electrons. The Hall–Kier alpha value is -3.06. The Labute approximate surface area is 180 Å². The summed E-state index contributed by atoms with van der Waals surface area (Å²) in [6.07, 6.45) is 2.21. The van der Waals surface area contributed by atoms with Crippen LogP contribution in [0.5, 0.6) is 22.4 Å². The molecule has 0 radical (unpaired) electrons. The number of piperidine rings is 1. The minimum atomic E-state index is -0.127. The second-order valence-electron chi connectivity index (χ2n) is 7.03. The smallest absolute Gasteiger partial charge is 0.278 e. The average molecular weight is 425 g/mol. The van der Waals surface area contributed by atoms with E-state index in [-0.39, 0.29) is 11.9 Å². The number of thiazole rings is 1. The molecule has 4 rings (SSSR count). The fourth-order valence-corrected chi connectivity index (χ4v) is 4.48. The monoisotopic (exact) mass is 424 g/mol. The third kappa shape index (κ3) is 4.26. The molecule has 1 amide bonds. The van der Waals surface area contributed by atoms with Gasteiger partial charge in [-0.1, -0.05) is 35.6 Å². The summed E-state index contributed by atoms with van der Waals surface area (Å²) in [6, 6.07) is 15.1. The van der Waals surface area contributed by atoms with Gasteiger partial charge in [0.25, 0.3) is 5.19 Å². The average Bonchev–Trinajstić information content (AvgIpc) is 3.22. The van der Waals surface area contributed by atoms with E-state index >= 15 is 0 Å². The van der Waals surface area contributed by atoms with E-state index in [4.69, 9.17) is 14.2 Å². The molecule has 2 aromatic carbocycles. The van der Waals surface area contributed by atoms with Crippen LogP contribution in [0.2, 0.25) is 0 Å². The van der Waals surface area contributed by atoms with Gasteiger partial charge in [0.1, 0.15) is 17.2 Å². The van der Waals surface area contributed by atoms with Crippen molar-refractivity contribution >= 4 is 17.2 Å². The van der Waals surface area contributed by atoms with E-state index < -0.39 is 0 Å². The van der Waals surface area contributed by atoms with Crippen molar-refractivity contribution in [1.29, 1.82) is 0 Å². The normalized spacial score (nSPS) is 16.4. The molecule has 0 N–H and O–H groups in total. The van der Waals surface area contributed by atoms with Crippen LogP contribution in [0.4, 0.5) is 0 Å². The van der Waals surface area contributed by atoms with Gasteiger partial charge in [-0.25, -0.2) is 4.98 Å². The van der Waals surface area contributed by atoms with Crippen LogP contribution in [0.25, 0.3) is 0 Å². The summed E-state index contributed by atoms with van der Waals surface area (Å²) in [5.41, 5.74) is 1.71. The van der Waals surface area contributed by atoms with Crippen molar-refractivity contribution in [3.05, 3.63) is 65.2 Å². The molecule has 6 nitrogen and oxygen atoms in total. The number of hydrogen-bond acceptors (Lipinski definition) is 6. The first-order valence-electron chi connectivity index (χ1n) is 9.87. The number of benzene rings is 2. The van der Waals surface area contributed by atoms with E-state index in [2.05, 4.69) is 4.98 Å². The van der Waals surface area contributed by atoms with Crippen LogP contribution in [-0.4, -0.2) is 30.0 Å². The lowest BCUT2D eigenvalue weighted by atomic mass is 9.93. The van der Waals surface area contributed by atoms with Crippen molar-refractivity contribution in [1.82, 2.24) is 9.88 Å². The van der Waals surface area contributed by atoms with E-state index in [9.17, 15) is 4.79 Å². The molecule has 30 heavy (non-hydrogen) atoms. The highest BCUT2D eigenvalue weighted by Crippen LogP contribution is 2.42.